The van der Waals surface area contributed by atoms with E-state index in [4.69, 9.17) is 16.3 Å². The Morgan fingerprint density at radius 2 is 2.08 bits per heavy atom. The Kier molecular flexibility index (Phi) is 4.15. The van der Waals surface area contributed by atoms with Crippen LogP contribution in [-0.2, 0) is 6.54 Å². The fraction of sp³-hybridized carbons (Fsp3) is 0.235. The number of pyridine rings is 1. The second-order valence-electron chi connectivity index (χ2n) is 5.63. The number of nitrogens with one attached hydrogen (secondary N) is 2. The molecule has 2 N–H and O–H groups in total. The fourth-order valence-corrected chi connectivity index (χ4v) is 2.81. The Labute approximate surface area is 144 Å². The summed E-state index contributed by atoms with van der Waals surface area (Å²) in [6, 6.07) is 5.76. The number of hydrogen-bond acceptors (Lipinski definition) is 6. The Bertz CT molecular complexity index is 868. The van der Waals surface area contributed by atoms with Crippen LogP contribution in [0.5, 0.6) is 5.75 Å². The van der Waals surface area contributed by atoms with E-state index in [1.807, 2.05) is 18.2 Å². The largest absolute Gasteiger partial charge is 0.485 e. The van der Waals surface area contributed by atoms with Crippen LogP contribution in [0.2, 0.25) is 5.02 Å². The molecule has 0 unspecified atom stereocenters. The Morgan fingerprint density at radius 3 is 2.92 bits per heavy atom. The van der Waals surface area contributed by atoms with Crippen molar-refractivity contribution in [3.8, 4) is 5.75 Å². The summed E-state index contributed by atoms with van der Waals surface area (Å²) < 4.78 is 5.95. The first-order valence-electron chi connectivity index (χ1n) is 7.74. The Balaban J connectivity index is 1.52. The molecule has 0 saturated carbocycles. The molecule has 4 rings (SSSR count). The Morgan fingerprint density at radius 1 is 1.21 bits per heavy atom. The van der Waals surface area contributed by atoms with Gasteiger partial charge in [0, 0.05) is 44.3 Å². The van der Waals surface area contributed by atoms with Gasteiger partial charge < -0.3 is 15.4 Å². The van der Waals surface area contributed by atoms with Crippen LogP contribution in [-0.4, -0.2) is 34.1 Å². The highest BCUT2D eigenvalue weighted by Crippen LogP contribution is 2.26. The van der Waals surface area contributed by atoms with Crippen molar-refractivity contribution in [2.75, 3.05) is 18.4 Å². The van der Waals surface area contributed by atoms with Gasteiger partial charge in [-0.2, -0.15) is 0 Å². The summed E-state index contributed by atoms with van der Waals surface area (Å²) >= 11 is 6.30. The van der Waals surface area contributed by atoms with E-state index in [2.05, 4.69) is 25.6 Å². The molecule has 0 spiro atoms. The molecular formula is C17H16ClN5O. The SMILES string of the molecule is Clc1cc(CNc2cnccc2OC2CNC2)cc2nccnc12. The first kappa shape index (κ1) is 15.1. The highest BCUT2D eigenvalue weighted by Gasteiger charge is 2.19. The minimum absolute atomic E-state index is 0.221. The lowest BCUT2D eigenvalue weighted by Gasteiger charge is -2.28. The van der Waals surface area contributed by atoms with Gasteiger partial charge in [-0.1, -0.05) is 11.6 Å². The molecule has 0 radical (unpaired) electrons. The summed E-state index contributed by atoms with van der Waals surface area (Å²) in [6.45, 7) is 2.35. The number of fused-ring (bicyclic) bond motifs is 1. The van der Waals surface area contributed by atoms with Crippen molar-refractivity contribution in [2.24, 2.45) is 0 Å². The van der Waals surface area contributed by atoms with E-state index in [0.29, 0.717) is 17.1 Å². The van der Waals surface area contributed by atoms with Gasteiger partial charge in [0.1, 0.15) is 17.4 Å². The quantitative estimate of drug-likeness (QED) is 0.743. The van der Waals surface area contributed by atoms with Crippen LogP contribution in [0.1, 0.15) is 5.56 Å². The molecule has 1 aliphatic rings. The molecule has 1 aromatic carbocycles. The first-order chi connectivity index (χ1) is 11.8. The van der Waals surface area contributed by atoms with E-state index >= 15 is 0 Å². The van der Waals surface area contributed by atoms with Crippen LogP contribution >= 0.6 is 11.6 Å². The van der Waals surface area contributed by atoms with Crippen LogP contribution in [0.25, 0.3) is 11.0 Å². The van der Waals surface area contributed by atoms with Crippen molar-refractivity contribution in [3.05, 3.63) is 53.6 Å². The minimum atomic E-state index is 0.221. The van der Waals surface area contributed by atoms with Gasteiger partial charge in [0.25, 0.3) is 0 Å². The van der Waals surface area contributed by atoms with E-state index in [1.165, 1.54) is 0 Å². The number of rotatable bonds is 5. The highest BCUT2D eigenvalue weighted by atomic mass is 35.5. The molecule has 0 atom stereocenters. The van der Waals surface area contributed by atoms with E-state index in [1.54, 1.807) is 24.8 Å². The molecular weight excluding hydrogens is 326 g/mol. The zero-order valence-corrected chi connectivity index (χ0v) is 13.6. The van der Waals surface area contributed by atoms with E-state index < -0.39 is 0 Å². The fourth-order valence-electron chi connectivity index (χ4n) is 2.53. The smallest absolute Gasteiger partial charge is 0.146 e. The topological polar surface area (TPSA) is 72.0 Å². The maximum Gasteiger partial charge on any atom is 0.146 e. The third-order valence-corrected chi connectivity index (χ3v) is 4.18. The lowest BCUT2D eigenvalue weighted by atomic mass is 10.2. The molecule has 3 aromatic rings. The van der Waals surface area contributed by atoms with Crippen LogP contribution in [0.3, 0.4) is 0 Å². The normalized spacial score (nSPS) is 14.4. The number of nitrogens with zero attached hydrogens (tertiary/aromatic N) is 3. The number of hydrogen-bond donors (Lipinski definition) is 2. The number of ether oxygens (including phenoxy) is 1. The molecule has 2 aromatic heterocycles. The number of halogens is 1. The van der Waals surface area contributed by atoms with E-state index in [9.17, 15) is 0 Å². The molecule has 122 valence electrons. The van der Waals surface area contributed by atoms with Gasteiger partial charge in [-0.05, 0) is 17.7 Å². The molecule has 6 nitrogen and oxygen atoms in total. The average molecular weight is 342 g/mol. The molecule has 1 saturated heterocycles. The average Bonchev–Trinajstić information content (AvgIpc) is 2.57. The van der Waals surface area contributed by atoms with Gasteiger partial charge in [0.2, 0.25) is 0 Å². The summed E-state index contributed by atoms with van der Waals surface area (Å²) in [5, 5.41) is 7.15. The first-order valence-corrected chi connectivity index (χ1v) is 8.12. The lowest BCUT2D eigenvalue weighted by Crippen LogP contribution is -2.50. The standard InChI is InChI=1S/C17H16ClN5O/c18-13-5-11(6-14-17(13)22-4-3-21-14)7-23-15-10-19-2-1-16(15)24-12-8-20-9-12/h1-6,10,12,20,23H,7-9H2. The summed E-state index contributed by atoms with van der Waals surface area (Å²) in [7, 11) is 0. The number of benzene rings is 1. The van der Waals surface area contributed by atoms with Crippen molar-refractivity contribution in [1.82, 2.24) is 20.3 Å². The molecule has 0 bridgehead atoms. The predicted molar refractivity (Wildman–Crippen MR) is 93.4 cm³/mol. The molecule has 0 amide bonds. The van der Waals surface area contributed by atoms with Crippen molar-refractivity contribution in [3.63, 3.8) is 0 Å². The van der Waals surface area contributed by atoms with Crippen molar-refractivity contribution in [2.45, 2.75) is 12.6 Å². The predicted octanol–water partition coefficient (Wildman–Crippen LogP) is 2.64. The molecule has 1 aliphatic heterocycles. The maximum atomic E-state index is 6.30. The van der Waals surface area contributed by atoms with Gasteiger partial charge in [0.15, 0.2) is 0 Å². The van der Waals surface area contributed by atoms with Gasteiger partial charge in [0.05, 0.1) is 22.4 Å². The van der Waals surface area contributed by atoms with Gasteiger partial charge in [-0.15, -0.1) is 0 Å². The van der Waals surface area contributed by atoms with Gasteiger partial charge in [-0.25, -0.2) is 0 Å². The van der Waals surface area contributed by atoms with Gasteiger partial charge >= 0.3 is 0 Å². The maximum absolute atomic E-state index is 6.30. The summed E-state index contributed by atoms with van der Waals surface area (Å²) in [5.41, 5.74) is 3.38. The van der Waals surface area contributed by atoms with Crippen molar-refractivity contribution < 1.29 is 4.74 Å². The van der Waals surface area contributed by atoms with Crippen molar-refractivity contribution in [1.29, 1.82) is 0 Å². The highest BCUT2D eigenvalue weighted by molar-refractivity contribution is 6.34. The lowest BCUT2D eigenvalue weighted by molar-refractivity contribution is 0.143. The van der Waals surface area contributed by atoms with E-state index in [0.717, 1.165) is 35.6 Å². The van der Waals surface area contributed by atoms with Crippen LogP contribution in [0.4, 0.5) is 5.69 Å². The zero-order chi connectivity index (χ0) is 16.4. The van der Waals surface area contributed by atoms with Crippen LogP contribution in [0, 0.1) is 0 Å². The second-order valence-corrected chi connectivity index (χ2v) is 6.03. The zero-order valence-electron chi connectivity index (χ0n) is 12.9. The summed E-state index contributed by atoms with van der Waals surface area (Å²) in [4.78, 5) is 12.7. The van der Waals surface area contributed by atoms with E-state index in [-0.39, 0.29) is 6.10 Å². The minimum Gasteiger partial charge on any atom is -0.485 e. The van der Waals surface area contributed by atoms with Gasteiger partial charge in [-0.3, -0.25) is 15.0 Å². The third-order valence-electron chi connectivity index (χ3n) is 3.89. The van der Waals surface area contributed by atoms with Crippen molar-refractivity contribution >= 4 is 28.3 Å². The molecule has 3 heterocycles. The summed E-state index contributed by atoms with van der Waals surface area (Å²) in [6.07, 6.45) is 7.02. The van der Waals surface area contributed by atoms with Crippen LogP contribution < -0.4 is 15.4 Å². The molecule has 0 aliphatic carbocycles. The number of anilines is 1. The third kappa shape index (κ3) is 3.11. The molecule has 1 fully saturated rings. The summed E-state index contributed by atoms with van der Waals surface area (Å²) in [5.74, 6) is 0.808. The number of aromatic nitrogens is 3. The molecule has 24 heavy (non-hydrogen) atoms. The Hall–Kier alpha value is -2.44. The van der Waals surface area contributed by atoms with Crippen LogP contribution in [0.15, 0.2) is 43.0 Å². The second kappa shape index (κ2) is 6.59. The molecule has 7 heteroatoms. The monoisotopic (exact) mass is 341 g/mol.